The van der Waals surface area contributed by atoms with E-state index in [1.807, 2.05) is 18.7 Å². The number of morpholine rings is 1. The van der Waals surface area contributed by atoms with Crippen LogP contribution in [-0.4, -0.2) is 42.5 Å². The maximum atomic E-state index is 13.5. The van der Waals surface area contributed by atoms with E-state index in [0.717, 1.165) is 0 Å². The molecule has 98 valence electrons. The third-order valence-corrected chi connectivity index (χ3v) is 3.26. The summed E-state index contributed by atoms with van der Waals surface area (Å²) in [5, 5.41) is 0. The number of ketones is 1. The van der Waals surface area contributed by atoms with E-state index < -0.39 is 5.82 Å². The molecule has 1 saturated heterocycles. The molecule has 2 unspecified atom stereocenters. The number of benzene rings is 1. The van der Waals surface area contributed by atoms with Crippen LogP contribution in [0.3, 0.4) is 0 Å². The van der Waals surface area contributed by atoms with Gasteiger partial charge >= 0.3 is 0 Å². The van der Waals surface area contributed by atoms with Crippen LogP contribution < -0.4 is 0 Å². The van der Waals surface area contributed by atoms with E-state index in [4.69, 9.17) is 4.74 Å². The molecule has 0 aromatic heterocycles. The first-order valence-corrected chi connectivity index (χ1v) is 6.21. The highest BCUT2D eigenvalue weighted by atomic mass is 19.1. The molecule has 1 heterocycles. The van der Waals surface area contributed by atoms with Crippen LogP contribution in [0.2, 0.25) is 0 Å². The molecule has 1 aliphatic rings. The van der Waals surface area contributed by atoms with Crippen LogP contribution in [0.15, 0.2) is 24.3 Å². The molecule has 0 N–H and O–H groups in total. The average molecular weight is 251 g/mol. The first-order valence-electron chi connectivity index (χ1n) is 6.21. The number of rotatable bonds is 3. The van der Waals surface area contributed by atoms with Crippen molar-refractivity contribution in [3.05, 3.63) is 35.6 Å². The lowest BCUT2D eigenvalue weighted by Crippen LogP contribution is -2.49. The van der Waals surface area contributed by atoms with Crippen LogP contribution in [0.4, 0.5) is 4.39 Å². The van der Waals surface area contributed by atoms with Gasteiger partial charge in [-0.1, -0.05) is 12.1 Å². The van der Waals surface area contributed by atoms with Gasteiger partial charge in [0.05, 0.1) is 24.8 Å². The fourth-order valence-corrected chi connectivity index (χ4v) is 2.15. The number of ether oxygens (including phenoxy) is 1. The van der Waals surface area contributed by atoms with Gasteiger partial charge in [0.1, 0.15) is 5.82 Å². The highest BCUT2D eigenvalue weighted by molar-refractivity contribution is 5.97. The van der Waals surface area contributed by atoms with Gasteiger partial charge in [-0.25, -0.2) is 4.39 Å². The molecule has 1 aromatic rings. The molecule has 1 aliphatic heterocycles. The molecule has 18 heavy (non-hydrogen) atoms. The summed E-state index contributed by atoms with van der Waals surface area (Å²) in [5.74, 6) is -0.620. The summed E-state index contributed by atoms with van der Waals surface area (Å²) in [6.45, 7) is 5.57. The van der Waals surface area contributed by atoms with Gasteiger partial charge in [0.2, 0.25) is 0 Å². The second-order valence-corrected chi connectivity index (χ2v) is 4.83. The standard InChI is InChI=1S/C14H18FNO2/c1-10-9-18-11(2)7-16(10)8-14(17)12-5-3-4-6-13(12)15/h3-6,10-11H,7-9H2,1-2H3. The molecule has 2 atom stereocenters. The number of hydrogen-bond donors (Lipinski definition) is 0. The highest BCUT2D eigenvalue weighted by Gasteiger charge is 2.26. The fourth-order valence-electron chi connectivity index (χ4n) is 2.15. The molecule has 1 aromatic carbocycles. The second kappa shape index (κ2) is 5.59. The fraction of sp³-hybridized carbons (Fsp3) is 0.500. The minimum Gasteiger partial charge on any atom is -0.376 e. The Labute approximate surface area is 107 Å². The number of Topliss-reactive ketones (excluding diaryl/α,β-unsaturated/α-hetero) is 1. The van der Waals surface area contributed by atoms with Crippen molar-refractivity contribution in [2.45, 2.75) is 26.0 Å². The zero-order valence-corrected chi connectivity index (χ0v) is 10.7. The monoisotopic (exact) mass is 251 g/mol. The van der Waals surface area contributed by atoms with Crippen LogP contribution in [0.1, 0.15) is 24.2 Å². The van der Waals surface area contributed by atoms with Gasteiger partial charge in [0, 0.05) is 12.6 Å². The van der Waals surface area contributed by atoms with Crippen LogP contribution in [0, 0.1) is 5.82 Å². The maximum absolute atomic E-state index is 13.5. The largest absolute Gasteiger partial charge is 0.376 e. The zero-order chi connectivity index (χ0) is 13.1. The van der Waals surface area contributed by atoms with Gasteiger partial charge in [-0.2, -0.15) is 0 Å². The summed E-state index contributed by atoms with van der Waals surface area (Å²) in [6, 6.07) is 6.31. The van der Waals surface area contributed by atoms with Gasteiger partial charge < -0.3 is 4.74 Å². The van der Waals surface area contributed by atoms with Crippen LogP contribution in [0.5, 0.6) is 0 Å². The van der Waals surface area contributed by atoms with Crippen molar-refractivity contribution in [2.75, 3.05) is 19.7 Å². The normalized spacial score (nSPS) is 25.1. The first kappa shape index (κ1) is 13.2. The number of nitrogens with zero attached hydrogens (tertiary/aromatic N) is 1. The molecule has 0 radical (unpaired) electrons. The average Bonchev–Trinajstić information content (AvgIpc) is 2.34. The second-order valence-electron chi connectivity index (χ2n) is 4.83. The van der Waals surface area contributed by atoms with Crippen molar-refractivity contribution in [1.29, 1.82) is 0 Å². The lowest BCUT2D eigenvalue weighted by molar-refractivity contribution is -0.0460. The SMILES string of the molecule is CC1CN(CC(=O)c2ccccc2F)C(C)CO1. The Hall–Kier alpha value is -1.26. The number of carbonyl (C=O) groups excluding carboxylic acids is 1. The van der Waals surface area contributed by atoms with Crippen molar-refractivity contribution in [3.63, 3.8) is 0 Å². The molecule has 2 rings (SSSR count). The molecule has 0 saturated carbocycles. The molecule has 0 spiro atoms. The Morgan fingerprint density at radius 2 is 2.17 bits per heavy atom. The Kier molecular flexibility index (Phi) is 4.09. The number of halogens is 1. The van der Waals surface area contributed by atoms with Crippen molar-refractivity contribution in [1.82, 2.24) is 4.90 Å². The van der Waals surface area contributed by atoms with E-state index in [0.29, 0.717) is 13.2 Å². The summed E-state index contributed by atoms with van der Waals surface area (Å²) < 4.78 is 19.0. The summed E-state index contributed by atoms with van der Waals surface area (Å²) in [4.78, 5) is 14.1. The van der Waals surface area contributed by atoms with E-state index in [1.54, 1.807) is 12.1 Å². The van der Waals surface area contributed by atoms with Crippen LogP contribution in [0.25, 0.3) is 0 Å². The van der Waals surface area contributed by atoms with Crippen molar-refractivity contribution in [3.8, 4) is 0 Å². The number of hydrogen-bond acceptors (Lipinski definition) is 3. The van der Waals surface area contributed by atoms with E-state index in [9.17, 15) is 9.18 Å². The van der Waals surface area contributed by atoms with E-state index >= 15 is 0 Å². The van der Waals surface area contributed by atoms with Crippen LogP contribution >= 0.6 is 0 Å². The molecule has 0 amide bonds. The van der Waals surface area contributed by atoms with Gasteiger partial charge in [-0.3, -0.25) is 9.69 Å². The van der Waals surface area contributed by atoms with Gasteiger partial charge in [-0.05, 0) is 26.0 Å². The predicted octanol–water partition coefficient (Wildman–Crippen LogP) is 2.12. The van der Waals surface area contributed by atoms with E-state index in [-0.39, 0.29) is 30.0 Å². The summed E-state index contributed by atoms with van der Waals surface area (Å²) in [7, 11) is 0. The third-order valence-electron chi connectivity index (χ3n) is 3.26. The van der Waals surface area contributed by atoms with Crippen molar-refractivity contribution < 1.29 is 13.9 Å². The third kappa shape index (κ3) is 2.94. The first-order chi connectivity index (χ1) is 8.58. The highest BCUT2D eigenvalue weighted by Crippen LogP contribution is 2.14. The van der Waals surface area contributed by atoms with Crippen molar-refractivity contribution in [2.24, 2.45) is 0 Å². The van der Waals surface area contributed by atoms with Crippen LogP contribution in [-0.2, 0) is 4.74 Å². The summed E-state index contributed by atoms with van der Waals surface area (Å²) >= 11 is 0. The van der Waals surface area contributed by atoms with Crippen molar-refractivity contribution >= 4 is 5.78 Å². The minimum atomic E-state index is -0.448. The lowest BCUT2D eigenvalue weighted by Gasteiger charge is -2.36. The van der Waals surface area contributed by atoms with E-state index in [2.05, 4.69) is 0 Å². The molecule has 1 fully saturated rings. The summed E-state index contributed by atoms with van der Waals surface area (Å²) in [6.07, 6.45) is 0.120. The summed E-state index contributed by atoms with van der Waals surface area (Å²) in [5.41, 5.74) is 0.170. The molecule has 0 aliphatic carbocycles. The molecule has 3 nitrogen and oxygen atoms in total. The zero-order valence-electron chi connectivity index (χ0n) is 10.7. The van der Waals surface area contributed by atoms with E-state index in [1.165, 1.54) is 12.1 Å². The molecular formula is C14H18FNO2. The Morgan fingerprint density at radius 3 is 2.89 bits per heavy atom. The predicted molar refractivity (Wildman–Crippen MR) is 67.2 cm³/mol. The number of carbonyl (C=O) groups is 1. The lowest BCUT2D eigenvalue weighted by atomic mass is 10.1. The van der Waals surface area contributed by atoms with Gasteiger partial charge in [-0.15, -0.1) is 0 Å². The molecule has 0 bridgehead atoms. The minimum absolute atomic E-state index is 0.120. The topological polar surface area (TPSA) is 29.5 Å². The smallest absolute Gasteiger partial charge is 0.179 e. The molecule has 4 heteroatoms. The van der Waals surface area contributed by atoms with Gasteiger partial charge in [0.25, 0.3) is 0 Å². The maximum Gasteiger partial charge on any atom is 0.179 e. The molecular weight excluding hydrogens is 233 g/mol. The quantitative estimate of drug-likeness (QED) is 0.771. The Morgan fingerprint density at radius 1 is 1.44 bits per heavy atom. The van der Waals surface area contributed by atoms with Gasteiger partial charge in [0.15, 0.2) is 5.78 Å². The Bertz CT molecular complexity index is 436. The Balaban J connectivity index is 2.05.